The average Bonchev–Trinajstić information content (AvgIpc) is 2.83. The van der Waals surface area contributed by atoms with Crippen molar-refractivity contribution in [2.24, 2.45) is 5.10 Å². The Labute approximate surface area is 218 Å². The van der Waals surface area contributed by atoms with Crippen molar-refractivity contribution >= 4 is 61.4 Å². The molecule has 0 spiro atoms. The average molecular weight is 631 g/mol. The summed E-state index contributed by atoms with van der Waals surface area (Å²) in [6.45, 7) is 0.401. The molecule has 0 saturated carbocycles. The number of amides is 1. The Morgan fingerprint density at radius 2 is 1.79 bits per heavy atom. The zero-order valence-electron chi connectivity index (χ0n) is 18.1. The summed E-state index contributed by atoms with van der Waals surface area (Å²) in [5.41, 5.74) is 4.38. The number of hydrogen-bond donors (Lipinski definition) is 2. The van der Waals surface area contributed by atoms with Gasteiger partial charge in [-0.3, -0.25) is 4.79 Å². The molecular formula is C26H20BrIN2O4. The highest BCUT2D eigenvalue weighted by molar-refractivity contribution is 14.1. The molecule has 172 valence electrons. The highest BCUT2D eigenvalue weighted by Crippen LogP contribution is 2.34. The number of hydrogen-bond acceptors (Lipinski definition) is 5. The SMILES string of the molecule is COc1cc(C=NNC(=O)c2cc3ccccc3cc2O)cc(I)c1OCc1ccc(Br)cc1. The first-order chi connectivity index (χ1) is 16.4. The third-order valence-corrected chi connectivity index (χ3v) is 6.37. The molecule has 34 heavy (non-hydrogen) atoms. The lowest BCUT2D eigenvalue weighted by molar-refractivity contribution is 0.0952. The van der Waals surface area contributed by atoms with E-state index in [-0.39, 0.29) is 11.3 Å². The number of benzene rings is 4. The molecule has 0 unspecified atom stereocenters. The van der Waals surface area contributed by atoms with E-state index in [4.69, 9.17) is 9.47 Å². The van der Waals surface area contributed by atoms with Crippen molar-refractivity contribution < 1.29 is 19.4 Å². The smallest absolute Gasteiger partial charge is 0.275 e. The van der Waals surface area contributed by atoms with Crippen LogP contribution in [0.25, 0.3) is 10.8 Å². The summed E-state index contributed by atoms with van der Waals surface area (Å²) in [4.78, 5) is 12.6. The summed E-state index contributed by atoms with van der Waals surface area (Å²) in [6, 6.07) is 22.3. The quantitative estimate of drug-likeness (QED) is 0.143. The minimum Gasteiger partial charge on any atom is -0.507 e. The second-order valence-corrected chi connectivity index (χ2v) is 9.44. The van der Waals surface area contributed by atoms with E-state index in [0.29, 0.717) is 18.1 Å². The molecule has 4 aromatic carbocycles. The van der Waals surface area contributed by atoms with Crippen LogP contribution in [0.15, 0.2) is 82.4 Å². The molecule has 2 N–H and O–H groups in total. The van der Waals surface area contributed by atoms with E-state index in [1.165, 1.54) is 6.21 Å². The monoisotopic (exact) mass is 630 g/mol. The van der Waals surface area contributed by atoms with Crippen LogP contribution in [-0.4, -0.2) is 24.3 Å². The number of carbonyl (C=O) groups is 1. The van der Waals surface area contributed by atoms with E-state index in [1.54, 1.807) is 25.3 Å². The first-order valence-corrected chi connectivity index (χ1v) is 12.1. The predicted octanol–water partition coefficient (Wildman–Crippen LogP) is 6.26. The molecule has 0 heterocycles. The Morgan fingerprint density at radius 1 is 1.09 bits per heavy atom. The maximum absolute atomic E-state index is 12.6. The Morgan fingerprint density at radius 3 is 2.50 bits per heavy atom. The predicted molar refractivity (Wildman–Crippen MR) is 145 cm³/mol. The summed E-state index contributed by atoms with van der Waals surface area (Å²) in [6.07, 6.45) is 1.51. The number of phenolic OH excluding ortho intramolecular Hbond substituents is 1. The number of methoxy groups -OCH3 is 1. The highest BCUT2D eigenvalue weighted by Gasteiger charge is 2.13. The third kappa shape index (κ3) is 5.68. The summed E-state index contributed by atoms with van der Waals surface area (Å²) >= 11 is 5.60. The number of nitrogens with zero attached hydrogens (tertiary/aromatic N) is 1. The fourth-order valence-electron chi connectivity index (χ4n) is 3.33. The number of aromatic hydroxyl groups is 1. The molecule has 0 atom stereocenters. The van der Waals surface area contributed by atoms with Crippen molar-refractivity contribution in [3.63, 3.8) is 0 Å². The maximum atomic E-state index is 12.6. The van der Waals surface area contributed by atoms with E-state index in [2.05, 4.69) is 49.0 Å². The van der Waals surface area contributed by atoms with Gasteiger partial charge in [0.05, 0.1) is 22.5 Å². The molecule has 0 bridgehead atoms. The van der Waals surface area contributed by atoms with Gasteiger partial charge in [0.1, 0.15) is 12.4 Å². The lowest BCUT2D eigenvalue weighted by Crippen LogP contribution is -2.17. The van der Waals surface area contributed by atoms with E-state index in [1.807, 2.05) is 54.6 Å². The minimum atomic E-state index is -0.504. The molecule has 1 amide bonds. The van der Waals surface area contributed by atoms with Gasteiger partial charge in [-0.05, 0) is 80.9 Å². The molecule has 0 radical (unpaired) electrons. The van der Waals surface area contributed by atoms with Gasteiger partial charge in [0.15, 0.2) is 11.5 Å². The van der Waals surface area contributed by atoms with Gasteiger partial charge in [-0.2, -0.15) is 5.10 Å². The number of nitrogens with one attached hydrogen (secondary N) is 1. The Bertz CT molecular complexity index is 1370. The fourth-order valence-corrected chi connectivity index (χ4v) is 4.37. The maximum Gasteiger partial charge on any atom is 0.275 e. The normalized spacial score (nSPS) is 11.0. The van der Waals surface area contributed by atoms with Gasteiger partial charge in [0, 0.05) is 4.47 Å². The molecule has 4 rings (SSSR count). The Balaban J connectivity index is 1.46. The molecule has 0 aliphatic heterocycles. The first kappa shape index (κ1) is 24.0. The van der Waals surface area contributed by atoms with Crippen molar-refractivity contribution in [1.29, 1.82) is 0 Å². The number of hydrazone groups is 1. The molecule has 0 saturated heterocycles. The topological polar surface area (TPSA) is 80.2 Å². The molecule has 0 fully saturated rings. The third-order valence-electron chi connectivity index (χ3n) is 5.04. The highest BCUT2D eigenvalue weighted by atomic mass is 127. The second-order valence-electron chi connectivity index (χ2n) is 7.36. The largest absolute Gasteiger partial charge is 0.507 e. The van der Waals surface area contributed by atoms with Gasteiger partial charge in [0.25, 0.3) is 5.91 Å². The van der Waals surface area contributed by atoms with Gasteiger partial charge < -0.3 is 14.6 Å². The zero-order chi connectivity index (χ0) is 24.1. The van der Waals surface area contributed by atoms with Gasteiger partial charge >= 0.3 is 0 Å². The van der Waals surface area contributed by atoms with Crippen LogP contribution < -0.4 is 14.9 Å². The number of fused-ring (bicyclic) bond motifs is 1. The fraction of sp³-hybridized carbons (Fsp3) is 0.0769. The summed E-state index contributed by atoms with van der Waals surface area (Å²) < 4.78 is 13.4. The number of halogens is 2. The van der Waals surface area contributed by atoms with Crippen LogP contribution in [0.4, 0.5) is 0 Å². The van der Waals surface area contributed by atoms with E-state index < -0.39 is 5.91 Å². The number of phenols is 1. The summed E-state index contributed by atoms with van der Waals surface area (Å²) in [7, 11) is 1.57. The molecular weight excluding hydrogens is 611 g/mol. The van der Waals surface area contributed by atoms with Crippen LogP contribution in [0.1, 0.15) is 21.5 Å². The van der Waals surface area contributed by atoms with Crippen LogP contribution in [0.3, 0.4) is 0 Å². The van der Waals surface area contributed by atoms with Crippen LogP contribution in [-0.2, 0) is 6.61 Å². The number of ether oxygens (including phenoxy) is 2. The summed E-state index contributed by atoms with van der Waals surface area (Å²) in [5, 5.41) is 16.0. The van der Waals surface area contributed by atoms with Gasteiger partial charge in [-0.1, -0.05) is 52.3 Å². The second kappa shape index (κ2) is 10.9. The lowest BCUT2D eigenvalue weighted by atomic mass is 10.1. The minimum absolute atomic E-state index is 0.102. The van der Waals surface area contributed by atoms with Crippen LogP contribution in [0, 0.1) is 3.57 Å². The van der Waals surface area contributed by atoms with Gasteiger partial charge in [-0.25, -0.2) is 5.43 Å². The van der Waals surface area contributed by atoms with Crippen molar-refractivity contribution in [3.8, 4) is 17.2 Å². The molecule has 8 heteroatoms. The zero-order valence-corrected chi connectivity index (χ0v) is 21.8. The summed E-state index contributed by atoms with van der Waals surface area (Å²) in [5.74, 6) is 0.586. The van der Waals surface area contributed by atoms with Crippen LogP contribution in [0.2, 0.25) is 0 Å². The van der Waals surface area contributed by atoms with Crippen LogP contribution in [0.5, 0.6) is 17.2 Å². The van der Waals surface area contributed by atoms with E-state index in [0.717, 1.165) is 29.9 Å². The van der Waals surface area contributed by atoms with Gasteiger partial charge in [-0.15, -0.1) is 0 Å². The van der Waals surface area contributed by atoms with Crippen molar-refractivity contribution in [1.82, 2.24) is 5.43 Å². The molecule has 4 aromatic rings. The molecule has 6 nitrogen and oxygen atoms in total. The van der Waals surface area contributed by atoms with Gasteiger partial charge in [0.2, 0.25) is 0 Å². The first-order valence-electron chi connectivity index (χ1n) is 10.2. The van der Waals surface area contributed by atoms with Crippen LogP contribution >= 0.6 is 38.5 Å². The molecule has 0 aliphatic carbocycles. The Hall–Kier alpha value is -3.11. The number of carbonyl (C=O) groups excluding carboxylic acids is 1. The standard InChI is InChI=1S/C26H20BrIN2O4/c1-33-24-11-17(10-22(28)25(24)34-15-16-6-8-20(27)9-7-16)14-29-30-26(32)21-12-18-4-2-3-5-19(18)13-23(21)31/h2-14,31H,15H2,1H3,(H,30,32). The van der Waals surface area contributed by atoms with Crippen molar-refractivity contribution in [2.75, 3.05) is 7.11 Å². The lowest BCUT2D eigenvalue weighted by Gasteiger charge is -2.13. The van der Waals surface area contributed by atoms with E-state index in [9.17, 15) is 9.90 Å². The van der Waals surface area contributed by atoms with Crippen molar-refractivity contribution in [3.05, 3.63) is 97.5 Å². The van der Waals surface area contributed by atoms with Crippen molar-refractivity contribution in [2.45, 2.75) is 6.61 Å². The van der Waals surface area contributed by atoms with E-state index >= 15 is 0 Å². The molecule has 0 aliphatic rings. The Kier molecular flexibility index (Phi) is 7.69. The molecule has 0 aromatic heterocycles. The number of rotatable bonds is 7.